The van der Waals surface area contributed by atoms with Gasteiger partial charge in [-0.05, 0) is 55.5 Å². The molecule has 1 atom stereocenters. The van der Waals surface area contributed by atoms with Crippen molar-refractivity contribution >= 4 is 33.5 Å². The summed E-state index contributed by atoms with van der Waals surface area (Å²) in [5.41, 5.74) is 0.484. The van der Waals surface area contributed by atoms with Gasteiger partial charge in [0.05, 0.1) is 18.1 Å². The number of hydrogen-bond donors (Lipinski definition) is 2. The van der Waals surface area contributed by atoms with E-state index in [1.807, 2.05) is 0 Å². The van der Waals surface area contributed by atoms with E-state index in [0.29, 0.717) is 18.9 Å². The zero-order valence-electron chi connectivity index (χ0n) is 18.3. The summed E-state index contributed by atoms with van der Waals surface area (Å²) < 4.78 is 49.7. The maximum atomic E-state index is 12.9. The average molecular weight is 494 g/mol. The summed E-state index contributed by atoms with van der Waals surface area (Å²) in [6, 6.07) is 10.4. The molecule has 0 radical (unpaired) electrons. The van der Waals surface area contributed by atoms with Crippen LogP contribution in [0.3, 0.4) is 0 Å². The van der Waals surface area contributed by atoms with E-state index in [2.05, 4.69) is 10.6 Å². The number of rotatable bonds is 8. The largest absolute Gasteiger partial charge is 0.451 e. The van der Waals surface area contributed by atoms with E-state index in [0.717, 1.165) is 12.1 Å². The second kappa shape index (κ2) is 11.2. The number of hydrogen-bond acceptors (Lipinski definition) is 7. The lowest BCUT2D eigenvalue weighted by atomic mass is 10.2. The Morgan fingerprint density at radius 2 is 1.68 bits per heavy atom. The molecule has 1 heterocycles. The Kier molecular flexibility index (Phi) is 8.31. The summed E-state index contributed by atoms with van der Waals surface area (Å²) in [5.74, 6) is -2.57. The number of anilines is 1. The summed E-state index contributed by atoms with van der Waals surface area (Å²) in [6.45, 7) is 2.08. The SMILES string of the molecule is C[C@H](OC(=O)CNC(=O)c1ccc(F)cc1)C(=O)Nc1ccc(S(=O)(=O)N2CCOCC2)cc1. The van der Waals surface area contributed by atoms with Crippen molar-refractivity contribution in [3.05, 3.63) is 59.9 Å². The number of nitrogens with zero attached hydrogens (tertiary/aromatic N) is 1. The lowest BCUT2D eigenvalue weighted by Crippen LogP contribution is -2.40. The molecule has 1 fully saturated rings. The highest BCUT2D eigenvalue weighted by atomic mass is 32.2. The van der Waals surface area contributed by atoms with Gasteiger partial charge in [-0.3, -0.25) is 14.4 Å². The van der Waals surface area contributed by atoms with Gasteiger partial charge in [-0.1, -0.05) is 0 Å². The van der Waals surface area contributed by atoms with E-state index >= 15 is 0 Å². The Hall–Kier alpha value is -3.35. The predicted octanol–water partition coefficient (Wildman–Crippen LogP) is 1.15. The first-order valence-corrected chi connectivity index (χ1v) is 11.8. The van der Waals surface area contributed by atoms with E-state index < -0.39 is 46.3 Å². The standard InChI is InChI=1S/C22H24FN3O7S/c1-15(33-20(27)14-24-22(29)16-2-4-17(23)5-3-16)21(28)25-18-6-8-19(9-7-18)34(30,31)26-10-12-32-13-11-26/h2-9,15H,10-14H2,1H3,(H,24,29)(H,25,28)/t15-/m0/s1. The van der Waals surface area contributed by atoms with Crippen molar-refractivity contribution in [1.29, 1.82) is 0 Å². The van der Waals surface area contributed by atoms with Crippen molar-refractivity contribution in [2.45, 2.75) is 17.9 Å². The third-order valence-corrected chi connectivity index (χ3v) is 6.82. The van der Waals surface area contributed by atoms with Gasteiger partial charge in [0.1, 0.15) is 12.4 Å². The van der Waals surface area contributed by atoms with Gasteiger partial charge in [0.2, 0.25) is 10.0 Å². The van der Waals surface area contributed by atoms with Gasteiger partial charge in [0.15, 0.2) is 6.10 Å². The highest BCUT2D eigenvalue weighted by molar-refractivity contribution is 7.89. The van der Waals surface area contributed by atoms with Crippen molar-refractivity contribution in [1.82, 2.24) is 9.62 Å². The molecule has 2 amide bonds. The highest BCUT2D eigenvalue weighted by Crippen LogP contribution is 2.19. The fraction of sp³-hybridized carbons (Fsp3) is 0.318. The lowest BCUT2D eigenvalue weighted by Gasteiger charge is -2.26. The average Bonchev–Trinajstić information content (AvgIpc) is 2.84. The number of carbonyl (C=O) groups is 3. The minimum Gasteiger partial charge on any atom is -0.451 e. The number of nitrogens with one attached hydrogen (secondary N) is 2. The van der Waals surface area contributed by atoms with E-state index in [1.54, 1.807) is 0 Å². The number of benzene rings is 2. The molecule has 1 saturated heterocycles. The van der Waals surface area contributed by atoms with Gasteiger partial charge in [0, 0.05) is 24.3 Å². The van der Waals surface area contributed by atoms with Crippen molar-refractivity contribution in [2.24, 2.45) is 0 Å². The number of carbonyl (C=O) groups excluding carboxylic acids is 3. The molecule has 0 aromatic heterocycles. The van der Waals surface area contributed by atoms with Gasteiger partial charge in [-0.25, -0.2) is 12.8 Å². The van der Waals surface area contributed by atoms with Gasteiger partial charge >= 0.3 is 5.97 Å². The number of sulfonamides is 1. The predicted molar refractivity (Wildman–Crippen MR) is 119 cm³/mol. The molecule has 0 unspecified atom stereocenters. The summed E-state index contributed by atoms with van der Waals surface area (Å²) in [7, 11) is -3.66. The molecule has 34 heavy (non-hydrogen) atoms. The van der Waals surface area contributed by atoms with E-state index in [-0.39, 0.29) is 23.5 Å². The van der Waals surface area contributed by atoms with Crippen LogP contribution in [0.5, 0.6) is 0 Å². The van der Waals surface area contributed by atoms with Crippen LogP contribution >= 0.6 is 0 Å². The molecule has 0 saturated carbocycles. The van der Waals surface area contributed by atoms with Crippen LogP contribution in [-0.2, 0) is 29.1 Å². The molecule has 3 rings (SSSR count). The molecular weight excluding hydrogens is 469 g/mol. The Morgan fingerprint density at radius 3 is 2.29 bits per heavy atom. The molecule has 0 aliphatic carbocycles. The normalized spacial score (nSPS) is 15.2. The van der Waals surface area contributed by atoms with Crippen molar-refractivity contribution in [3.8, 4) is 0 Å². The lowest BCUT2D eigenvalue weighted by molar-refractivity contribution is -0.152. The van der Waals surface area contributed by atoms with Crippen LogP contribution < -0.4 is 10.6 Å². The number of ether oxygens (including phenoxy) is 2. The monoisotopic (exact) mass is 493 g/mol. The number of esters is 1. The molecule has 0 bridgehead atoms. The fourth-order valence-electron chi connectivity index (χ4n) is 3.04. The maximum Gasteiger partial charge on any atom is 0.326 e. The second-order valence-corrected chi connectivity index (χ2v) is 9.29. The summed E-state index contributed by atoms with van der Waals surface area (Å²) >= 11 is 0. The van der Waals surface area contributed by atoms with Crippen LogP contribution in [-0.4, -0.2) is 69.5 Å². The van der Waals surface area contributed by atoms with Gasteiger partial charge < -0.3 is 20.1 Å². The van der Waals surface area contributed by atoms with Gasteiger partial charge in [0.25, 0.3) is 11.8 Å². The number of amides is 2. The van der Waals surface area contributed by atoms with Crippen LogP contribution in [0, 0.1) is 5.82 Å². The van der Waals surface area contributed by atoms with Crippen LogP contribution in [0.2, 0.25) is 0 Å². The van der Waals surface area contributed by atoms with E-state index in [1.165, 1.54) is 47.6 Å². The van der Waals surface area contributed by atoms with Crippen molar-refractivity contribution in [2.75, 3.05) is 38.2 Å². The molecule has 0 spiro atoms. The molecule has 2 N–H and O–H groups in total. The summed E-state index contributed by atoms with van der Waals surface area (Å²) in [4.78, 5) is 36.3. The minimum atomic E-state index is -3.66. The Bertz CT molecular complexity index is 1130. The summed E-state index contributed by atoms with van der Waals surface area (Å²) in [5, 5.41) is 4.86. The highest BCUT2D eigenvalue weighted by Gasteiger charge is 2.26. The van der Waals surface area contributed by atoms with Gasteiger partial charge in [-0.15, -0.1) is 0 Å². The van der Waals surface area contributed by atoms with Crippen LogP contribution in [0.4, 0.5) is 10.1 Å². The molecule has 2 aromatic rings. The first kappa shape index (κ1) is 25.3. The minimum absolute atomic E-state index is 0.0868. The first-order valence-electron chi connectivity index (χ1n) is 10.4. The zero-order chi connectivity index (χ0) is 24.7. The molecule has 182 valence electrons. The number of halogens is 1. The van der Waals surface area contributed by atoms with Crippen LogP contribution in [0.25, 0.3) is 0 Å². The molecule has 1 aliphatic rings. The van der Waals surface area contributed by atoms with Crippen molar-refractivity contribution < 1.29 is 36.7 Å². The molecule has 1 aliphatic heterocycles. The fourth-order valence-corrected chi connectivity index (χ4v) is 4.45. The van der Waals surface area contributed by atoms with Crippen LogP contribution in [0.15, 0.2) is 53.4 Å². The Balaban J connectivity index is 1.48. The third kappa shape index (κ3) is 6.59. The zero-order valence-corrected chi connectivity index (χ0v) is 19.1. The Labute approximate surface area is 196 Å². The quantitative estimate of drug-likeness (QED) is 0.528. The maximum absolute atomic E-state index is 12.9. The topological polar surface area (TPSA) is 131 Å². The molecule has 10 nitrogen and oxygen atoms in total. The Morgan fingerprint density at radius 1 is 1.06 bits per heavy atom. The van der Waals surface area contributed by atoms with Gasteiger partial charge in [-0.2, -0.15) is 4.31 Å². The first-order chi connectivity index (χ1) is 16.2. The second-order valence-electron chi connectivity index (χ2n) is 7.35. The van der Waals surface area contributed by atoms with E-state index in [9.17, 15) is 27.2 Å². The smallest absolute Gasteiger partial charge is 0.326 e. The summed E-state index contributed by atoms with van der Waals surface area (Å²) in [6.07, 6.45) is -1.17. The van der Waals surface area contributed by atoms with Crippen molar-refractivity contribution in [3.63, 3.8) is 0 Å². The van der Waals surface area contributed by atoms with E-state index in [4.69, 9.17) is 9.47 Å². The molecule has 12 heteroatoms. The third-order valence-electron chi connectivity index (χ3n) is 4.91. The molecule has 2 aromatic carbocycles. The molecular formula is C22H24FN3O7S. The number of morpholine rings is 1. The van der Waals surface area contributed by atoms with Crippen LogP contribution in [0.1, 0.15) is 17.3 Å².